The lowest BCUT2D eigenvalue weighted by atomic mass is 10.2. The molecule has 0 spiro atoms. The zero-order valence-electron chi connectivity index (χ0n) is 9.29. The third-order valence-electron chi connectivity index (χ3n) is 1.71. The number of imidazole rings is 1. The molecule has 1 heterocycles. The van der Waals surface area contributed by atoms with Gasteiger partial charge < -0.3 is 9.30 Å². The first-order valence-corrected chi connectivity index (χ1v) is 4.52. The number of nitrogens with zero attached hydrogens (tertiary/aromatic N) is 2. The molecule has 0 aromatic carbocycles. The van der Waals surface area contributed by atoms with Crippen LogP contribution in [0.25, 0.3) is 0 Å². The Hall–Kier alpha value is -1.32. The van der Waals surface area contributed by atoms with Crippen LogP contribution in [-0.4, -0.2) is 21.1 Å². The highest BCUT2D eigenvalue weighted by atomic mass is 16.6. The summed E-state index contributed by atoms with van der Waals surface area (Å²) in [6.07, 6.45) is 1.61. The molecule has 0 N–H and O–H groups in total. The number of ether oxygens (including phenoxy) is 1. The Balaban J connectivity index is 2.90. The van der Waals surface area contributed by atoms with E-state index in [1.165, 1.54) is 0 Å². The van der Waals surface area contributed by atoms with Crippen molar-refractivity contribution >= 4 is 5.97 Å². The van der Waals surface area contributed by atoms with Gasteiger partial charge in [0.1, 0.15) is 11.3 Å². The predicted molar refractivity (Wildman–Crippen MR) is 53.1 cm³/mol. The Kier molecular flexibility index (Phi) is 2.64. The number of rotatable bonds is 1. The molecule has 0 aliphatic carbocycles. The Morgan fingerprint density at radius 2 is 2.07 bits per heavy atom. The van der Waals surface area contributed by atoms with E-state index in [-0.39, 0.29) is 5.97 Å². The van der Waals surface area contributed by atoms with Gasteiger partial charge in [0, 0.05) is 7.05 Å². The normalized spacial score (nSPS) is 11.5. The largest absolute Gasteiger partial charge is 0.455 e. The average molecular weight is 196 g/mol. The van der Waals surface area contributed by atoms with E-state index in [1.54, 1.807) is 24.9 Å². The fourth-order valence-electron chi connectivity index (χ4n) is 1.17. The summed E-state index contributed by atoms with van der Waals surface area (Å²) < 4.78 is 6.91. The number of carbonyl (C=O) groups is 1. The van der Waals surface area contributed by atoms with Crippen LogP contribution >= 0.6 is 0 Å². The molecule has 4 heteroatoms. The smallest absolute Gasteiger partial charge is 0.357 e. The highest BCUT2D eigenvalue weighted by Gasteiger charge is 2.21. The summed E-state index contributed by atoms with van der Waals surface area (Å²) in [6.45, 7) is 7.32. The summed E-state index contributed by atoms with van der Waals surface area (Å²) >= 11 is 0. The van der Waals surface area contributed by atoms with Gasteiger partial charge in [-0.05, 0) is 27.7 Å². The zero-order valence-corrected chi connectivity index (χ0v) is 9.29. The summed E-state index contributed by atoms with van der Waals surface area (Å²) in [5.41, 5.74) is 0.745. The van der Waals surface area contributed by atoms with Crippen LogP contribution in [0, 0.1) is 6.92 Å². The first-order chi connectivity index (χ1) is 6.31. The van der Waals surface area contributed by atoms with Crippen molar-refractivity contribution in [3.8, 4) is 0 Å². The van der Waals surface area contributed by atoms with E-state index in [2.05, 4.69) is 4.98 Å². The van der Waals surface area contributed by atoms with Crippen LogP contribution in [0.5, 0.6) is 0 Å². The summed E-state index contributed by atoms with van der Waals surface area (Å²) in [4.78, 5) is 15.7. The molecule has 0 aliphatic heterocycles. The number of carbonyl (C=O) groups excluding carboxylic acids is 1. The second-order valence-electron chi connectivity index (χ2n) is 4.29. The van der Waals surface area contributed by atoms with Crippen LogP contribution in [0.4, 0.5) is 0 Å². The monoisotopic (exact) mass is 196 g/mol. The molecule has 0 atom stereocenters. The first-order valence-electron chi connectivity index (χ1n) is 4.52. The molecule has 1 aromatic heterocycles. The molecular formula is C10H16N2O2. The van der Waals surface area contributed by atoms with Gasteiger partial charge >= 0.3 is 5.97 Å². The minimum atomic E-state index is -0.464. The lowest BCUT2D eigenvalue weighted by molar-refractivity contribution is 0.00581. The third-order valence-corrected chi connectivity index (χ3v) is 1.71. The lowest BCUT2D eigenvalue weighted by Crippen LogP contribution is -2.25. The molecule has 1 rings (SSSR count). The maximum absolute atomic E-state index is 11.7. The van der Waals surface area contributed by atoms with Crippen molar-refractivity contribution in [3.63, 3.8) is 0 Å². The molecule has 78 valence electrons. The number of aromatic nitrogens is 2. The third kappa shape index (κ3) is 2.34. The zero-order chi connectivity index (χ0) is 10.9. The Morgan fingerprint density at radius 3 is 2.43 bits per heavy atom. The highest BCUT2D eigenvalue weighted by Crippen LogP contribution is 2.13. The molecule has 0 bridgehead atoms. The van der Waals surface area contributed by atoms with Gasteiger partial charge in [0.15, 0.2) is 0 Å². The SMILES string of the molecule is Cc1ncn(C)c1C(=O)OC(C)(C)C. The van der Waals surface area contributed by atoms with Crippen LogP contribution in [0.3, 0.4) is 0 Å². The van der Waals surface area contributed by atoms with Crippen molar-refractivity contribution in [1.29, 1.82) is 0 Å². The number of hydrogen-bond donors (Lipinski definition) is 0. The summed E-state index contributed by atoms with van der Waals surface area (Å²) in [5.74, 6) is -0.324. The molecule has 0 radical (unpaired) electrons. The van der Waals surface area contributed by atoms with Crippen molar-refractivity contribution in [1.82, 2.24) is 9.55 Å². The van der Waals surface area contributed by atoms with Crippen molar-refractivity contribution in [2.45, 2.75) is 33.3 Å². The van der Waals surface area contributed by atoms with Crippen LogP contribution < -0.4 is 0 Å². The molecule has 0 saturated carbocycles. The van der Waals surface area contributed by atoms with Gasteiger partial charge in [-0.3, -0.25) is 0 Å². The van der Waals surface area contributed by atoms with E-state index in [0.29, 0.717) is 11.4 Å². The topological polar surface area (TPSA) is 44.1 Å². The van der Waals surface area contributed by atoms with E-state index in [4.69, 9.17) is 4.74 Å². The van der Waals surface area contributed by atoms with Gasteiger partial charge in [-0.25, -0.2) is 9.78 Å². The number of hydrogen-bond acceptors (Lipinski definition) is 3. The van der Waals surface area contributed by atoms with E-state index in [9.17, 15) is 4.79 Å². The first kappa shape index (κ1) is 10.8. The molecule has 0 fully saturated rings. The summed E-state index contributed by atoms with van der Waals surface area (Å²) in [7, 11) is 1.78. The molecule has 14 heavy (non-hydrogen) atoms. The van der Waals surface area contributed by atoms with E-state index in [0.717, 1.165) is 0 Å². The van der Waals surface area contributed by atoms with Crippen molar-refractivity contribution in [2.75, 3.05) is 0 Å². The van der Waals surface area contributed by atoms with Crippen LogP contribution in [0.15, 0.2) is 6.33 Å². The van der Waals surface area contributed by atoms with Gasteiger partial charge in [0.2, 0.25) is 0 Å². The van der Waals surface area contributed by atoms with Gasteiger partial charge in [0.25, 0.3) is 0 Å². The standard InChI is InChI=1S/C10H16N2O2/c1-7-8(12(5)6-11-7)9(13)14-10(2,3)4/h6H,1-5H3. The fraction of sp³-hybridized carbons (Fsp3) is 0.600. The van der Waals surface area contributed by atoms with Gasteiger partial charge in [-0.1, -0.05) is 0 Å². The van der Waals surface area contributed by atoms with Gasteiger partial charge in [-0.2, -0.15) is 0 Å². The van der Waals surface area contributed by atoms with Gasteiger partial charge in [-0.15, -0.1) is 0 Å². The number of esters is 1. The highest BCUT2D eigenvalue weighted by molar-refractivity contribution is 5.89. The van der Waals surface area contributed by atoms with E-state index >= 15 is 0 Å². The van der Waals surface area contributed by atoms with Crippen LogP contribution in [0.1, 0.15) is 37.0 Å². The molecule has 0 saturated heterocycles. The molecule has 0 aliphatic rings. The van der Waals surface area contributed by atoms with Crippen molar-refractivity contribution in [3.05, 3.63) is 17.7 Å². The predicted octanol–water partition coefficient (Wildman–Crippen LogP) is 1.68. The summed E-state index contributed by atoms with van der Waals surface area (Å²) in [6, 6.07) is 0. The Morgan fingerprint density at radius 1 is 1.50 bits per heavy atom. The Labute approximate surface area is 83.9 Å². The van der Waals surface area contributed by atoms with E-state index in [1.807, 2.05) is 20.8 Å². The maximum Gasteiger partial charge on any atom is 0.357 e. The molecule has 4 nitrogen and oxygen atoms in total. The molecule has 0 amide bonds. The molecule has 1 aromatic rings. The lowest BCUT2D eigenvalue weighted by Gasteiger charge is -2.19. The van der Waals surface area contributed by atoms with Crippen LogP contribution in [0.2, 0.25) is 0 Å². The minimum absolute atomic E-state index is 0.324. The molecular weight excluding hydrogens is 180 g/mol. The Bertz CT molecular complexity index is 328. The van der Waals surface area contributed by atoms with Crippen molar-refractivity contribution in [2.24, 2.45) is 7.05 Å². The number of aryl methyl sites for hydroxylation is 2. The molecule has 0 unspecified atom stereocenters. The minimum Gasteiger partial charge on any atom is -0.455 e. The summed E-state index contributed by atoms with van der Waals surface area (Å²) in [5, 5.41) is 0. The van der Waals surface area contributed by atoms with Gasteiger partial charge in [0.05, 0.1) is 12.0 Å². The fourth-order valence-corrected chi connectivity index (χ4v) is 1.17. The van der Waals surface area contributed by atoms with E-state index < -0.39 is 5.60 Å². The maximum atomic E-state index is 11.7. The average Bonchev–Trinajstić information content (AvgIpc) is 2.27. The quantitative estimate of drug-likeness (QED) is 0.642. The second-order valence-corrected chi connectivity index (χ2v) is 4.29. The van der Waals surface area contributed by atoms with Crippen LogP contribution in [-0.2, 0) is 11.8 Å². The second kappa shape index (κ2) is 3.44. The van der Waals surface area contributed by atoms with Crippen molar-refractivity contribution < 1.29 is 9.53 Å².